The molecule has 2 aliphatic rings. The highest BCUT2D eigenvalue weighted by molar-refractivity contribution is 5.81. The molecule has 1 aliphatic carbocycles. The Bertz CT molecular complexity index is 551. The molecule has 1 atom stereocenters. The number of hydrogen-bond donors (Lipinski definition) is 1. The minimum Gasteiger partial charge on any atom is -0.496 e. The lowest BCUT2D eigenvalue weighted by molar-refractivity contribution is 0.210. The third-order valence-electron chi connectivity index (χ3n) is 4.49. The Morgan fingerprint density at radius 3 is 2.85 bits per heavy atom. The topological polar surface area (TPSA) is 50.9 Å². The van der Waals surface area contributed by atoms with E-state index >= 15 is 0 Å². The minimum absolute atomic E-state index is 0.190. The van der Waals surface area contributed by atoms with Gasteiger partial charge in [-0.1, -0.05) is 11.6 Å². The molecule has 1 aromatic carbocycles. The Balaban J connectivity index is 2.00. The Morgan fingerprint density at radius 2 is 2.20 bits per heavy atom. The van der Waals surface area contributed by atoms with E-state index in [1.807, 2.05) is 6.07 Å². The summed E-state index contributed by atoms with van der Waals surface area (Å²) in [6.45, 7) is 6.03. The van der Waals surface area contributed by atoms with Gasteiger partial charge in [0.25, 0.3) is 0 Å². The van der Waals surface area contributed by atoms with Gasteiger partial charge in [0.05, 0.1) is 19.2 Å². The zero-order valence-electron chi connectivity index (χ0n) is 12.5. The summed E-state index contributed by atoms with van der Waals surface area (Å²) in [6, 6.07) is 6.32. The SMILES string of the molecule is COc1ccc(C)cc1C1(C)CN=C(N)N1CC1CC1. The summed E-state index contributed by atoms with van der Waals surface area (Å²) in [5, 5.41) is 0. The Hall–Kier alpha value is -1.71. The van der Waals surface area contributed by atoms with Crippen molar-refractivity contribution in [3.63, 3.8) is 0 Å². The number of guanidine groups is 1. The van der Waals surface area contributed by atoms with Crippen LogP contribution in [0.3, 0.4) is 0 Å². The molecule has 0 radical (unpaired) electrons. The van der Waals surface area contributed by atoms with Gasteiger partial charge < -0.3 is 15.4 Å². The zero-order valence-corrected chi connectivity index (χ0v) is 12.5. The van der Waals surface area contributed by atoms with Gasteiger partial charge in [0.2, 0.25) is 0 Å². The third kappa shape index (κ3) is 2.13. The first kappa shape index (κ1) is 13.3. The van der Waals surface area contributed by atoms with E-state index in [2.05, 4.69) is 35.9 Å². The van der Waals surface area contributed by atoms with Gasteiger partial charge in [-0.15, -0.1) is 0 Å². The van der Waals surface area contributed by atoms with Gasteiger partial charge in [-0.25, -0.2) is 0 Å². The van der Waals surface area contributed by atoms with Crippen molar-refractivity contribution in [2.45, 2.75) is 32.2 Å². The maximum atomic E-state index is 6.13. The summed E-state index contributed by atoms with van der Waals surface area (Å²) in [7, 11) is 1.72. The highest BCUT2D eigenvalue weighted by Gasteiger charge is 2.43. The zero-order chi connectivity index (χ0) is 14.3. The average Bonchev–Trinajstić information content (AvgIpc) is 3.21. The standard InChI is InChI=1S/C16H23N3O/c1-11-4-7-14(20-3)13(8-11)16(2)10-18-15(17)19(16)9-12-5-6-12/h4,7-8,12H,5-6,9-10H2,1-3H3,(H2,17,18). The van der Waals surface area contributed by atoms with Crippen molar-refractivity contribution >= 4 is 5.96 Å². The van der Waals surface area contributed by atoms with Crippen LogP contribution in [0.1, 0.15) is 30.9 Å². The van der Waals surface area contributed by atoms with Gasteiger partial charge in [0.15, 0.2) is 5.96 Å². The summed E-state index contributed by atoms with van der Waals surface area (Å²) in [6.07, 6.45) is 2.62. The van der Waals surface area contributed by atoms with Crippen LogP contribution in [0.15, 0.2) is 23.2 Å². The molecule has 2 N–H and O–H groups in total. The number of rotatable bonds is 4. The summed E-state index contributed by atoms with van der Waals surface area (Å²) < 4.78 is 5.56. The van der Waals surface area contributed by atoms with Crippen LogP contribution in [-0.2, 0) is 5.54 Å². The fraction of sp³-hybridized carbons (Fsp3) is 0.562. The summed E-state index contributed by atoms with van der Waals surface area (Å²) in [4.78, 5) is 6.76. The molecule has 0 saturated heterocycles. The van der Waals surface area contributed by atoms with Gasteiger partial charge in [0, 0.05) is 12.1 Å². The van der Waals surface area contributed by atoms with Crippen LogP contribution in [0.2, 0.25) is 0 Å². The molecule has 108 valence electrons. The fourth-order valence-electron chi connectivity index (χ4n) is 2.99. The third-order valence-corrected chi connectivity index (χ3v) is 4.49. The number of nitrogens with two attached hydrogens (primary N) is 1. The van der Waals surface area contributed by atoms with Gasteiger partial charge >= 0.3 is 0 Å². The average molecular weight is 273 g/mol. The molecule has 0 amide bonds. The van der Waals surface area contributed by atoms with Gasteiger partial charge in [-0.2, -0.15) is 0 Å². The van der Waals surface area contributed by atoms with Crippen molar-refractivity contribution in [2.24, 2.45) is 16.6 Å². The monoisotopic (exact) mass is 273 g/mol. The molecule has 1 aromatic rings. The van der Waals surface area contributed by atoms with Crippen LogP contribution in [0, 0.1) is 12.8 Å². The molecule has 4 nitrogen and oxygen atoms in total. The van der Waals surface area contributed by atoms with E-state index in [9.17, 15) is 0 Å². The lowest BCUT2D eigenvalue weighted by Crippen LogP contribution is -2.48. The first-order valence-electron chi connectivity index (χ1n) is 7.27. The Labute approximate surface area is 120 Å². The van der Waals surface area contributed by atoms with E-state index in [1.54, 1.807) is 7.11 Å². The molecule has 3 rings (SSSR count). The number of aryl methyl sites for hydroxylation is 1. The quantitative estimate of drug-likeness (QED) is 0.915. The predicted molar refractivity (Wildman–Crippen MR) is 81.0 cm³/mol. The lowest BCUT2D eigenvalue weighted by Gasteiger charge is -2.37. The van der Waals surface area contributed by atoms with Gasteiger partial charge in [0.1, 0.15) is 5.75 Å². The normalized spacial score (nSPS) is 25.8. The van der Waals surface area contributed by atoms with E-state index in [4.69, 9.17) is 10.5 Å². The second kappa shape index (κ2) is 4.69. The summed E-state index contributed by atoms with van der Waals surface area (Å²) in [5.74, 6) is 2.36. The number of aliphatic imine (C=N–C) groups is 1. The van der Waals surface area contributed by atoms with Crippen molar-refractivity contribution < 1.29 is 4.74 Å². The number of benzene rings is 1. The molecule has 1 heterocycles. The van der Waals surface area contributed by atoms with E-state index in [0.29, 0.717) is 12.5 Å². The van der Waals surface area contributed by atoms with Gasteiger partial charge in [-0.05, 0) is 44.7 Å². The van der Waals surface area contributed by atoms with Crippen LogP contribution in [0.5, 0.6) is 5.75 Å². The highest BCUT2D eigenvalue weighted by Crippen LogP contribution is 2.41. The molecule has 20 heavy (non-hydrogen) atoms. The maximum absolute atomic E-state index is 6.13. The molecule has 0 spiro atoms. The van der Waals surface area contributed by atoms with Crippen molar-refractivity contribution in [1.82, 2.24) is 4.90 Å². The molecule has 1 aliphatic heterocycles. The summed E-state index contributed by atoms with van der Waals surface area (Å²) >= 11 is 0. The van der Waals surface area contributed by atoms with Crippen LogP contribution in [0.25, 0.3) is 0 Å². The van der Waals surface area contributed by atoms with E-state index in [1.165, 1.54) is 24.0 Å². The van der Waals surface area contributed by atoms with Crippen LogP contribution < -0.4 is 10.5 Å². The van der Waals surface area contributed by atoms with Crippen molar-refractivity contribution in [3.8, 4) is 5.75 Å². The lowest BCUT2D eigenvalue weighted by atomic mass is 9.89. The molecule has 1 fully saturated rings. The molecular formula is C16H23N3O. The second-order valence-corrected chi connectivity index (χ2v) is 6.21. The molecule has 1 unspecified atom stereocenters. The van der Waals surface area contributed by atoms with Crippen molar-refractivity contribution in [2.75, 3.05) is 20.2 Å². The van der Waals surface area contributed by atoms with Crippen molar-refractivity contribution in [3.05, 3.63) is 29.3 Å². The smallest absolute Gasteiger partial charge is 0.192 e. The van der Waals surface area contributed by atoms with E-state index in [-0.39, 0.29) is 5.54 Å². The largest absolute Gasteiger partial charge is 0.496 e. The first-order chi connectivity index (χ1) is 9.54. The maximum Gasteiger partial charge on any atom is 0.192 e. The molecular weight excluding hydrogens is 250 g/mol. The number of nitrogens with zero attached hydrogens (tertiary/aromatic N) is 2. The first-order valence-corrected chi connectivity index (χ1v) is 7.27. The Kier molecular flexibility index (Phi) is 3.11. The fourth-order valence-corrected chi connectivity index (χ4v) is 2.99. The van der Waals surface area contributed by atoms with Gasteiger partial charge in [-0.3, -0.25) is 4.99 Å². The Morgan fingerprint density at radius 1 is 1.45 bits per heavy atom. The number of methoxy groups -OCH3 is 1. The second-order valence-electron chi connectivity index (χ2n) is 6.21. The summed E-state index contributed by atoms with van der Waals surface area (Å²) in [5.41, 5.74) is 8.36. The van der Waals surface area contributed by atoms with Crippen molar-refractivity contribution in [1.29, 1.82) is 0 Å². The molecule has 1 saturated carbocycles. The van der Waals surface area contributed by atoms with E-state index in [0.717, 1.165) is 18.2 Å². The number of ether oxygens (including phenoxy) is 1. The molecule has 4 heteroatoms. The number of hydrogen-bond acceptors (Lipinski definition) is 4. The predicted octanol–water partition coefficient (Wildman–Crippen LogP) is 2.26. The highest BCUT2D eigenvalue weighted by atomic mass is 16.5. The van der Waals surface area contributed by atoms with Crippen LogP contribution in [0.4, 0.5) is 0 Å². The molecule has 0 bridgehead atoms. The minimum atomic E-state index is -0.190. The van der Waals surface area contributed by atoms with E-state index < -0.39 is 0 Å². The van der Waals surface area contributed by atoms with Crippen LogP contribution in [-0.4, -0.2) is 31.1 Å². The molecule has 0 aromatic heterocycles. The van der Waals surface area contributed by atoms with Crippen LogP contribution >= 0.6 is 0 Å².